The number of benzene rings is 1. The van der Waals surface area contributed by atoms with Crippen LogP contribution in [0, 0.1) is 17.8 Å². The molecule has 0 bridgehead atoms. The number of carbonyl (C=O) groups is 4. The number of fused-ring (bicyclic) bond motifs is 5. The number of allylic oxidation sites excluding steroid dienone is 1. The number of aryl methyl sites for hydroxylation is 1. The summed E-state index contributed by atoms with van der Waals surface area (Å²) in [6, 6.07) is 2.90. The van der Waals surface area contributed by atoms with Crippen molar-refractivity contribution in [3.05, 3.63) is 42.1 Å². The van der Waals surface area contributed by atoms with E-state index in [9.17, 15) is 40.8 Å². The molecular formula is C42H54F3N5O9S. The van der Waals surface area contributed by atoms with Gasteiger partial charge in [-0.3, -0.25) is 19.1 Å². The zero-order valence-electron chi connectivity index (χ0n) is 34.5. The monoisotopic (exact) mass is 861 g/mol. The van der Waals surface area contributed by atoms with Crippen molar-refractivity contribution < 1.29 is 55.0 Å². The first kappa shape index (κ1) is 43.5. The van der Waals surface area contributed by atoms with Crippen LogP contribution >= 0.6 is 0 Å². The highest BCUT2D eigenvalue weighted by molar-refractivity contribution is 7.91. The minimum atomic E-state index is -4.91. The lowest BCUT2D eigenvalue weighted by Gasteiger charge is -2.35. The SMILES string of the molecule is CC[C@@H]1C[C@@H](C)CC/C=C\[C@@H]2C[C@@]2(C(=O)NS(=O)(=O)C2(C)CC2)NC(=O)[C@@H]2C[C@@H](Oc3nccc4c5c(ccc34)CCCO5)CN2C(=O)[C@H]1NC(=O)OC(C)(C)C(F)(F)F. The third-order valence-corrected chi connectivity index (χ3v) is 15.1. The molecule has 0 unspecified atom stereocenters. The number of alkyl carbamates (subject to hydrolysis) is 1. The van der Waals surface area contributed by atoms with Gasteiger partial charge in [0.05, 0.1) is 17.9 Å². The number of hydrogen-bond donors (Lipinski definition) is 3. The molecule has 2 saturated carbocycles. The van der Waals surface area contributed by atoms with Gasteiger partial charge in [0, 0.05) is 29.3 Å². The summed E-state index contributed by atoms with van der Waals surface area (Å²) in [5.74, 6) is -2.61. The number of ether oxygens (including phenoxy) is 3. The van der Waals surface area contributed by atoms with Gasteiger partial charge in [0.1, 0.15) is 29.5 Å². The van der Waals surface area contributed by atoms with Crippen molar-refractivity contribution in [3.8, 4) is 11.6 Å². The highest BCUT2D eigenvalue weighted by Gasteiger charge is 2.63. The highest BCUT2D eigenvalue weighted by atomic mass is 32.2. The zero-order valence-corrected chi connectivity index (χ0v) is 35.3. The minimum absolute atomic E-state index is 0.0291. The van der Waals surface area contributed by atoms with Gasteiger partial charge in [-0.1, -0.05) is 38.5 Å². The molecule has 3 aliphatic heterocycles. The van der Waals surface area contributed by atoms with E-state index in [-0.39, 0.29) is 31.2 Å². The number of rotatable bonds is 8. The summed E-state index contributed by atoms with van der Waals surface area (Å²) >= 11 is 0. The molecule has 1 saturated heterocycles. The Labute approximate surface area is 347 Å². The standard InChI is InChI=1S/C42H54F3N5O9S/c1-6-25-20-24(2)10-7-8-12-27-22-41(27,37(53)49-60(55,56)40(5)16-17-40)48-34(51)31-21-28(23-50(31)36(52)32(25)47-38(54)59-39(3,4)42(43,44)45)58-35-30-14-13-26-11-9-19-57-33(26)29(30)15-18-46-35/h8,12-15,18,24-25,27-28,31-32H,6-7,9-11,16-17,19-23H2,1-5H3,(H,47,54)(H,48,51)(H,49,53)/b12-8-/t24-,25+,27+,28+,31-,32-,41+/m0/s1. The Bertz CT molecular complexity index is 2180. The summed E-state index contributed by atoms with van der Waals surface area (Å²) in [4.78, 5) is 62.6. The van der Waals surface area contributed by atoms with Crippen molar-refractivity contribution >= 4 is 44.6 Å². The zero-order chi connectivity index (χ0) is 43.4. The van der Waals surface area contributed by atoms with Crippen LogP contribution in [0.5, 0.6) is 11.6 Å². The molecule has 0 radical (unpaired) electrons. The van der Waals surface area contributed by atoms with Gasteiger partial charge in [0.15, 0.2) is 0 Å². The van der Waals surface area contributed by atoms with Gasteiger partial charge in [0.25, 0.3) is 5.91 Å². The maximum atomic E-state index is 15.0. The first-order chi connectivity index (χ1) is 28.2. The number of alkyl halides is 3. The first-order valence-corrected chi connectivity index (χ1v) is 22.3. The van der Waals surface area contributed by atoms with E-state index in [1.807, 2.05) is 31.2 Å². The van der Waals surface area contributed by atoms with Crippen LogP contribution in [0.3, 0.4) is 0 Å². The Morgan fingerprint density at radius 1 is 1.12 bits per heavy atom. The van der Waals surface area contributed by atoms with E-state index in [0.717, 1.165) is 29.5 Å². The molecule has 18 heteroatoms. The smallest absolute Gasteiger partial charge is 0.427 e. The molecule has 1 aromatic heterocycles. The van der Waals surface area contributed by atoms with Crippen LogP contribution in [0.15, 0.2) is 36.5 Å². The predicted molar refractivity (Wildman–Crippen MR) is 213 cm³/mol. The van der Waals surface area contributed by atoms with E-state index in [4.69, 9.17) is 14.2 Å². The largest absolute Gasteiger partial charge is 0.493 e. The number of halogens is 3. The number of amides is 4. The van der Waals surface area contributed by atoms with E-state index >= 15 is 0 Å². The van der Waals surface area contributed by atoms with E-state index in [0.29, 0.717) is 64.4 Å². The van der Waals surface area contributed by atoms with Crippen molar-refractivity contribution in [1.29, 1.82) is 0 Å². The third kappa shape index (κ3) is 8.49. The molecule has 7 atom stereocenters. The number of nitrogens with one attached hydrogen (secondary N) is 3. The molecule has 1 aromatic carbocycles. The van der Waals surface area contributed by atoms with Crippen molar-refractivity contribution in [2.45, 2.75) is 139 Å². The fraction of sp³-hybridized carbons (Fsp3) is 0.643. The van der Waals surface area contributed by atoms with Crippen LogP contribution in [-0.2, 0) is 35.6 Å². The number of sulfonamides is 1. The summed E-state index contributed by atoms with van der Waals surface area (Å²) in [7, 11) is -4.08. The van der Waals surface area contributed by atoms with Crippen LogP contribution in [0.4, 0.5) is 18.0 Å². The van der Waals surface area contributed by atoms with E-state index < -0.39 is 85.9 Å². The summed E-state index contributed by atoms with van der Waals surface area (Å²) in [6.45, 7) is 7.08. The van der Waals surface area contributed by atoms with Crippen LogP contribution in [0.25, 0.3) is 10.8 Å². The van der Waals surface area contributed by atoms with Gasteiger partial charge in [0.2, 0.25) is 33.3 Å². The second-order valence-electron chi connectivity index (χ2n) is 17.9. The van der Waals surface area contributed by atoms with Crippen LogP contribution in [0.1, 0.15) is 98.0 Å². The molecule has 3 N–H and O–H groups in total. The Morgan fingerprint density at radius 2 is 1.87 bits per heavy atom. The molecule has 4 amide bonds. The summed E-state index contributed by atoms with van der Waals surface area (Å²) in [5.41, 5.74) is -3.48. The Morgan fingerprint density at radius 3 is 2.57 bits per heavy atom. The van der Waals surface area contributed by atoms with Gasteiger partial charge in [-0.2, -0.15) is 13.2 Å². The van der Waals surface area contributed by atoms with Crippen molar-refractivity contribution in [2.24, 2.45) is 17.8 Å². The highest BCUT2D eigenvalue weighted by Crippen LogP contribution is 2.48. The fourth-order valence-corrected chi connectivity index (χ4v) is 9.88. The van der Waals surface area contributed by atoms with Gasteiger partial charge in [-0.15, -0.1) is 0 Å². The summed E-state index contributed by atoms with van der Waals surface area (Å²) in [6.07, 6.45) is 2.43. The molecule has 4 heterocycles. The lowest BCUT2D eigenvalue weighted by molar-refractivity contribution is -0.244. The van der Waals surface area contributed by atoms with Crippen LogP contribution in [0.2, 0.25) is 0 Å². The predicted octanol–water partition coefficient (Wildman–Crippen LogP) is 5.62. The molecule has 2 aliphatic carbocycles. The topological polar surface area (TPSA) is 182 Å². The summed E-state index contributed by atoms with van der Waals surface area (Å²) < 4.78 is 86.4. The van der Waals surface area contributed by atoms with Crippen LogP contribution in [-0.4, -0.2) is 95.5 Å². The van der Waals surface area contributed by atoms with Crippen molar-refractivity contribution in [1.82, 2.24) is 25.2 Å². The Balaban J connectivity index is 1.24. The quantitative estimate of drug-likeness (QED) is 0.282. The first-order valence-electron chi connectivity index (χ1n) is 20.8. The average molecular weight is 862 g/mol. The third-order valence-electron chi connectivity index (χ3n) is 13.0. The van der Waals surface area contributed by atoms with E-state index in [2.05, 4.69) is 20.3 Å². The van der Waals surface area contributed by atoms with Gasteiger partial charge in [-0.25, -0.2) is 18.2 Å². The minimum Gasteiger partial charge on any atom is -0.493 e. The van der Waals surface area contributed by atoms with Crippen molar-refractivity contribution in [3.63, 3.8) is 0 Å². The van der Waals surface area contributed by atoms with Crippen LogP contribution < -0.4 is 24.8 Å². The normalized spacial score (nSPS) is 29.9. The fourth-order valence-electron chi connectivity index (χ4n) is 8.56. The maximum Gasteiger partial charge on any atom is 0.427 e. The molecule has 328 valence electrons. The second kappa shape index (κ2) is 16.0. The molecule has 0 spiro atoms. The molecule has 7 rings (SSSR count). The lowest BCUT2D eigenvalue weighted by atomic mass is 9.85. The Hall–Kier alpha value is -4.61. The molecule has 60 heavy (non-hydrogen) atoms. The maximum absolute atomic E-state index is 15.0. The Kier molecular flexibility index (Phi) is 11.6. The lowest BCUT2D eigenvalue weighted by Crippen LogP contribution is -2.60. The number of aromatic nitrogens is 1. The average Bonchev–Trinajstić information content (AvgIpc) is 4.07. The van der Waals surface area contributed by atoms with Gasteiger partial charge >= 0.3 is 12.3 Å². The molecule has 3 fully saturated rings. The second-order valence-corrected chi connectivity index (χ2v) is 20.1. The number of nitrogens with zero attached hydrogens (tertiary/aromatic N) is 2. The number of pyridine rings is 1. The van der Waals surface area contributed by atoms with E-state index in [1.165, 1.54) is 4.90 Å². The molecular weight excluding hydrogens is 808 g/mol. The number of hydrogen-bond acceptors (Lipinski definition) is 10. The number of carbonyl (C=O) groups excluding carboxylic acids is 4. The van der Waals surface area contributed by atoms with Gasteiger partial charge < -0.3 is 29.7 Å². The molecule has 2 aromatic rings. The van der Waals surface area contributed by atoms with E-state index in [1.54, 1.807) is 26.1 Å². The molecule has 5 aliphatic rings. The van der Waals surface area contributed by atoms with Gasteiger partial charge in [-0.05, 0) is 102 Å². The molecule has 14 nitrogen and oxygen atoms in total. The van der Waals surface area contributed by atoms with Crippen molar-refractivity contribution in [2.75, 3.05) is 13.2 Å². The summed E-state index contributed by atoms with van der Waals surface area (Å²) in [5, 5.41) is 6.69.